The molecule has 0 bridgehead atoms. The Morgan fingerprint density at radius 2 is 2.14 bits per heavy atom. The average Bonchev–Trinajstić information content (AvgIpc) is 2.87. The van der Waals surface area contributed by atoms with Crippen molar-refractivity contribution in [1.82, 2.24) is 15.1 Å². The number of piperidine rings is 1. The fourth-order valence-electron chi connectivity index (χ4n) is 3.96. The molecule has 1 N–H and O–H groups in total. The number of aromatic nitrogens is 2. The van der Waals surface area contributed by atoms with Crippen molar-refractivity contribution in [3.8, 4) is 0 Å². The molecule has 1 saturated heterocycles. The number of nitrogens with one attached hydrogen (secondary N) is 1. The number of hydrogen-bond donors (Lipinski definition) is 1. The molecule has 0 radical (unpaired) electrons. The molecule has 4 nitrogen and oxygen atoms in total. The molecule has 3 rings (SSSR count). The van der Waals surface area contributed by atoms with Gasteiger partial charge in [-0.3, -0.25) is 9.48 Å². The van der Waals surface area contributed by atoms with Crippen molar-refractivity contribution in [2.75, 3.05) is 0 Å². The van der Waals surface area contributed by atoms with E-state index in [1.165, 1.54) is 32.1 Å². The molecule has 0 amide bonds. The quantitative estimate of drug-likeness (QED) is 0.926. The Bertz CT molecular complexity index is 508. The highest BCUT2D eigenvalue weighted by Gasteiger charge is 2.34. The van der Waals surface area contributed by atoms with Gasteiger partial charge in [0.15, 0.2) is 5.78 Å². The van der Waals surface area contributed by atoms with Gasteiger partial charge in [-0.2, -0.15) is 5.10 Å². The third-order valence-electron chi connectivity index (χ3n) is 5.28. The largest absolute Gasteiger partial charge is 0.304 e. The number of carbonyl (C=O) groups excluding carboxylic acids is 1. The van der Waals surface area contributed by atoms with Gasteiger partial charge in [0.1, 0.15) is 0 Å². The first kappa shape index (κ1) is 14.8. The van der Waals surface area contributed by atoms with Crippen molar-refractivity contribution < 1.29 is 4.79 Å². The number of nitrogens with zero attached hydrogens (tertiary/aromatic N) is 2. The Morgan fingerprint density at radius 1 is 1.33 bits per heavy atom. The molecule has 21 heavy (non-hydrogen) atoms. The summed E-state index contributed by atoms with van der Waals surface area (Å²) in [5.41, 5.74) is 2.12. The van der Waals surface area contributed by atoms with Crippen LogP contribution in [-0.4, -0.2) is 27.6 Å². The maximum Gasteiger partial charge on any atom is 0.155 e. The summed E-state index contributed by atoms with van der Waals surface area (Å²) < 4.78 is 1.86. The van der Waals surface area contributed by atoms with E-state index >= 15 is 0 Å². The third kappa shape index (κ3) is 3.20. The molecule has 116 valence electrons. The summed E-state index contributed by atoms with van der Waals surface area (Å²) in [5.74, 6) is 1.15. The van der Waals surface area contributed by atoms with Gasteiger partial charge < -0.3 is 5.32 Å². The van der Waals surface area contributed by atoms with Crippen LogP contribution < -0.4 is 5.32 Å². The first-order valence-corrected chi connectivity index (χ1v) is 8.48. The van der Waals surface area contributed by atoms with Crippen molar-refractivity contribution in [1.29, 1.82) is 0 Å². The number of Topliss-reactive ketones (excluding diaryl/α,β-unsaturated/α-hetero) is 1. The van der Waals surface area contributed by atoms with Gasteiger partial charge in [-0.05, 0) is 44.1 Å². The van der Waals surface area contributed by atoms with E-state index in [4.69, 9.17) is 0 Å². The van der Waals surface area contributed by atoms with E-state index in [-0.39, 0.29) is 6.04 Å². The highest BCUT2D eigenvalue weighted by Crippen LogP contribution is 2.32. The lowest BCUT2D eigenvalue weighted by Gasteiger charge is -2.40. The van der Waals surface area contributed by atoms with Crippen LogP contribution in [-0.2, 0) is 24.7 Å². The SMILES string of the molecule is CCc1cc(CC(=O)C2CCC3CCCCC3N2)n(C)n1. The number of aryl methyl sites for hydroxylation is 2. The lowest BCUT2D eigenvalue weighted by Crippen LogP contribution is -2.52. The van der Waals surface area contributed by atoms with Crippen LogP contribution in [0.2, 0.25) is 0 Å². The second-order valence-electron chi connectivity index (χ2n) is 6.69. The van der Waals surface area contributed by atoms with E-state index in [0.717, 1.165) is 30.1 Å². The van der Waals surface area contributed by atoms with E-state index in [1.807, 2.05) is 11.7 Å². The first-order chi connectivity index (χ1) is 10.2. The van der Waals surface area contributed by atoms with Crippen LogP contribution in [0.1, 0.15) is 56.8 Å². The van der Waals surface area contributed by atoms with E-state index in [1.54, 1.807) is 0 Å². The van der Waals surface area contributed by atoms with Crippen molar-refractivity contribution in [2.45, 2.75) is 70.4 Å². The average molecular weight is 289 g/mol. The Balaban J connectivity index is 1.61. The Morgan fingerprint density at radius 3 is 2.90 bits per heavy atom. The molecule has 1 aromatic heterocycles. The van der Waals surface area contributed by atoms with Crippen LogP contribution in [0.3, 0.4) is 0 Å². The molecule has 3 unspecified atom stereocenters. The van der Waals surface area contributed by atoms with Gasteiger partial charge in [0.25, 0.3) is 0 Å². The molecular weight excluding hydrogens is 262 g/mol. The molecule has 1 aromatic rings. The second-order valence-corrected chi connectivity index (χ2v) is 6.69. The zero-order chi connectivity index (χ0) is 14.8. The summed E-state index contributed by atoms with van der Waals surface area (Å²) in [4.78, 5) is 12.6. The van der Waals surface area contributed by atoms with E-state index in [2.05, 4.69) is 23.4 Å². The highest BCUT2D eigenvalue weighted by molar-refractivity contribution is 5.86. The topological polar surface area (TPSA) is 46.9 Å². The monoisotopic (exact) mass is 289 g/mol. The smallest absolute Gasteiger partial charge is 0.155 e. The predicted octanol–water partition coefficient (Wildman–Crippen LogP) is 2.40. The van der Waals surface area contributed by atoms with E-state index in [0.29, 0.717) is 18.2 Å². The molecule has 3 atom stereocenters. The molecule has 0 aromatic carbocycles. The normalized spacial score (nSPS) is 29.1. The zero-order valence-corrected chi connectivity index (χ0v) is 13.3. The second kappa shape index (κ2) is 6.30. The van der Waals surface area contributed by atoms with Gasteiger partial charge in [0.2, 0.25) is 0 Å². The van der Waals surface area contributed by atoms with E-state index < -0.39 is 0 Å². The van der Waals surface area contributed by atoms with Crippen LogP contribution in [0.5, 0.6) is 0 Å². The van der Waals surface area contributed by atoms with Gasteiger partial charge in [-0.15, -0.1) is 0 Å². The van der Waals surface area contributed by atoms with Crippen molar-refractivity contribution in [3.63, 3.8) is 0 Å². The van der Waals surface area contributed by atoms with Crippen LogP contribution in [0.4, 0.5) is 0 Å². The van der Waals surface area contributed by atoms with E-state index in [9.17, 15) is 4.79 Å². The summed E-state index contributed by atoms with van der Waals surface area (Å²) in [7, 11) is 1.94. The highest BCUT2D eigenvalue weighted by atomic mass is 16.1. The van der Waals surface area contributed by atoms with Crippen molar-refractivity contribution in [2.24, 2.45) is 13.0 Å². The summed E-state index contributed by atoms with van der Waals surface area (Å²) in [6.45, 7) is 2.10. The maximum atomic E-state index is 12.6. The molecular formula is C17H27N3O. The minimum atomic E-state index is 0.0596. The molecule has 1 aliphatic heterocycles. The molecule has 4 heteroatoms. The fourth-order valence-corrected chi connectivity index (χ4v) is 3.96. The number of rotatable bonds is 4. The lowest BCUT2D eigenvalue weighted by atomic mass is 9.77. The summed E-state index contributed by atoms with van der Waals surface area (Å²) >= 11 is 0. The summed E-state index contributed by atoms with van der Waals surface area (Å²) in [5, 5.41) is 8.07. The number of ketones is 1. The molecule has 2 heterocycles. The lowest BCUT2D eigenvalue weighted by molar-refractivity contribution is -0.121. The minimum absolute atomic E-state index is 0.0596. The van der Waals surface area contributed by atoms with Crippen molar-refractivity contribution >= 4 is 5.78 Å². The third-order valence-corrected chi connectivity index (χ3v) is 5.28. The summed E-state index contributed by atoms with van der Waals surface area (Å²) in [6.07, 6.45) is 8.96. The zero-order valence-electron chi connectivity index (χ0n) is 13.3. The number of carbonyl (C=O) groups is 1. The molecule has 2 fully saturated rings. The summed E-state index contributed by atoms with van der Waals surface area (Å²) in [6, 6.07) is 2.72. The Kier molecular flexibility index (Phi) is 4.43. The van der Waals surface area contributed by atoms with Crippen LogP contribution in [0, 0.1) is 5.92 Å². The first-order valence-electron chi connectivity index (χ1n) is 8.48. The van der Waals surface area contributed by atoms with Gasteiger partial charge in [-0.25, -0.2) is 0 Å². The Hall–Kier alpha value is -1.16. The fraction of sp³-hybridized carbons (Fsp3) is 0.765. The Labute approximate surface area is 127 Å². The van der Waals surface area contributed by atoms with Crippen LogP contribution in [0.25, 0.3) is 0 Å². The minimum Gasteiger partial charge on any atom is -0.304 e. The number of hydrogen-bond acceptors (Lipinski definition) is 3. The predicted molar refractivity (Wildman–Crippen MR) is 83.2 cm³/mol. The molecule has 2 aliphatic rings. The number of fused-ring (bicyclic) bond motifs is 1. The van der Waals surface area contributed by atoms with Crippen LogP contribution in [0.15, 0.2) is 6.07 Å². The van der Waals surface area contributed by atoms with Gasteiger partial charge in [0.05, 0.1) is 11.7 Å². The molecule has 1 aliphatic carbocycles. The van der Waals surface area contributed by atoms with Gasteiger partial charge >= 0.3 is 0 Å². The molecule has 0 spiro atoms. The van der Waals surface area contributed by atoms with Crippen LogP contribution >= 0.6 is 0 Å². The van der Waals surface area contributed by atoms with Gasteiger partial charge in [0, 0.05) is 25.2 Å². The standard InChI is InChI=1S/C17H27N3O/c1-3-13-10-14(20(2)19-13)11-17(21)16-9-8-12-6-4-5-7-15(12)18-16/h10,12,15-16,18H,3-9,11H2,1-2H3. The van der Waals surface area contributed by atoms with Crippen molar-refractivity contribution in [3.05, 3.63) is 17.5 Å². The molecule has 1 saturated carbocycles. The van der Waals surface area contributed by atoms with Gasteiger partial charge in [-0.1, -0.05) is 19.8 Å². The maximum absolute atomic E-state index is 12.6.